The molecular weight excluding hydrogens is 204 g/mol. The van der Waals surface area contributed by atoms with Crippen molar-refractivity contribution in [3.8, 4) is 0 Å². The number of hydrogen-bond acceptors (Lipinski definition) is 3. The molecule has 5 unspecified atom stereocenters. The average molecular weight is 224 g/mol. The molecule has 1 saturated heterocycles. The zero-order chi connectivity index (χ0) is 11.3. The quantitative estimate of drug-likeness (QED) is 0.673. The minimum absolute atomic E-state index is 0.0581. The van der Waals surface area contributed by atoms with Crippen molar-refractivity contribution in [3.05, 3.63) is 0 Å². The van der Waals surface area contributed by atoms with E-state index >= 15 is 0 Å². The van der Waals surface area contributed by atoms with Crippen molar-refractivity contribution in [2.75, 3.05) is 6.61 Å². The SMILES string of the molecule is CC(C)OC1CC2CCC1C1COC(=O)C21. The Kier molecular flexibility index (Phi) is 2.46. The standard InChI is InChI=1S/C13H20O3/c1-7(2)16-11-5-8-3-4-9(11)10-6-15-13(14)12(8)10/h7-12H,3-6H2,1-2H3. The summed E-state index contributed by atoms with van der Waals surface area (Å²) in [5.41, 5.74) is 0. The molecule has 0 radical (unpaired) electrons. The van der Waals surface area contributed by atoms with E-state index in [2.05, 4.69) is 13.8 Å². The fraction of sp³-hybridized carbons (Fsp3) is 0.923. The van der Waals surface area contributed by atoms with Crippen LogP contribution in [0.25, 0.3) is 0 Å². The van der Waals surface area contributed by atoms with Crippen LogP contribution in [-0.4, -0.2) is 24.8 Å². The number of cyclic esters (lactones) is 1. The molecule has 0 spiro atoms. The zero-order valence-electron chi connectivity index (χ0n) is 10.0. The van der Waals surface area contributed by atoms with Gasteiger partial charge in [-0.1, -0.05) is 0 Å². The van der Waals surface area contributed by atoms with E-state index in [1.807, 2.05) is 0 Å². The summed E-state index contributed by atoms with van der Waals surface area (Å²) in [4.78, 5) is 11.7. The fourth-order valence-electron chi connectivity index (χ4n) is 3.99. The maximum atomic E-state index is 11.7. The van der Waals surface area contributed by atoms with Crippen molar-refractivity contribution in [2.24, 2.45) is 23.7 Å². The van der Waals surface area contributed by atoms with Gasteiger partial charge in [0.15, 0.2) is 0 Å². The van der Waals surface area contributed by atoms with Crippen molar-refractivity contribution >= 4 is 5.97 Å². The van der Waals surface area contributed by atoms with E-state index in [-0.39, 0.29) is 11.9 Å². The third kappa shape index (κ3) is 1.48. The number of rotatable bonds is 2. The normalized spacial score (nSPS) is 45.9. The van der Waals surface area contributed by atoms with Gasteiger partial charge >= 0.3 is 5.97 Å². The first-order valence-corrected chi connectivity index (χ1v) is 6.49. The molecule has 3 aliphatic carbocycles. The molecule has 90 valence electrons. The lowest BCUT2D eigenvalue weighted by atomic mass is 9.58. The van der Waals surface area contributed by atoms with E-state index in [0.717, 1.165) is 6.42 Å². The van der Waals surface area contributed by atoms with Gasteiger partial charge in [-0.05, 0) is 44.9 Å². The highest BCUT2D eigenvalue weighted by Crippen LogP contribution is 2.52. The van der Waals surface area contributed by atoms with E-state index in [4.69, 9.17) is 9.47 Å². The Morgan fingerprint density at radius 1 is 1.31 bits per heavy atom. The van der Waals surface area contributed by atoms with Crippen molar-refractivity contribution in [1.29, 1.82) is 0 Å². The Morgan fingerprint density at radius 2 is 2.12 bits per heavy atom. The molecule has 0 aromatic carbocycles. The molecule has 4 rings (SSSR count). The van der Waals surface area contributed by atoms with Gasteiger partial charge in [-0.3, -0.25) is 4.79 Å². The van der Waals surface area contributed by atoms with E-state index in [1.54, 1.807) is 0 Å². The molecule has 1 aliphatic heterocycles. The Labute approximate surface area is 96.5 Å². The lowest BCUT2D eigenvalue weighted by molar-refractivity contribution is -0.149. The highest BCUT2D eigenvalue weighted by atomic mass is 16.5. The van der Waals surface area contributed by atoms with Gasteiger partial charge in [0, 0.05) is 5.92 Å². The third-order valence-corrected chi connectivity index (χ3v) is 4.54. The number of esters is 1. The van der Waals surface area contributed by atoms with Crippen LogP contribution in [0.1, 0.15) is 33.1 Å². The second-order valence-electron chi connectivity index (χ2n) is 5.78. The molecule has 0 aromatic heterocycles. The van der Waals surface area contributed by atoms with Gasteiger partial charge in [-0.15, -0.1) is 0 Å². The Morgan fingerprint density at radius 3 is 2.88 bits per heavy atom. The molecule has 1 heterocycles. The first-order chi connectivity index (χ1) is 7.66. The topological polar surface area (TPSA) is 35.5 Å². The average Bonchev–Trinajstić information content (AvgIpc) is 2.62. The molecule has 3 saturated carbocycles. The summed E-state index contributed by atoms with van der Waals surface area (Å²) >= 11 is 0. The fourth-order valence-corrected chi connectivity index (χ4v) is 3.99. The molecule has 0 amide bonds. The van der Waals surface area contributed by atoms with E-state index in [0.29, 0.717) is 36.6 Å². The molecule has 3 heteroatoms. The summed E-state index contributed by atoms with van der Waals surface area (Å²) < 4.78 is 11.2. The van der Waals surface area contributed by atoms with Gasteiger partial charge in [0.1, 0.15) is 0 Å². The van der Waals surface area contributed by atoms with E-state index in [1.165, 1.54) is 12.8 Å². The minimum Gasteiger partial charge on any atom is -0.465 e. The summed E-state index contributed by atoms with van der Waals surface area (Å²) in [7, 11) is 0. The first kappa shape index (κ1) is 10.6. The van der Waals surface area contributed by atoms with Crippen molar-refractivity contribution in [2.45, 2.75) is 45.3 Å². The number of ether oxygens (including phenoxy) is 2. The molecule has 3 nitrogen and oxygen atoms in total. The summed E-state index contributed by atoms with van der Waals surface area (Å²) in [6, 6.07) is 0. The molecular formula is C13H20O3. The van der Waals surface area contributed by atoms with Crippen molar-refractivity contribution in [1.82, 2.24) is 0 Å². The van der Waals surface area contributed by atoms with Crippen LogP contribution in [0.5, 0.6) is 0 Å². The largest absolute Gasteiger partial charge is 0.465 e. The number of carbonyl (C=O) groups is 1. The molecule has 2 bridgehead atoms. The van der Waals surface area contributed by atoms with Crippen molar-refractivity contribution in [3.63, 3.8) is 0 Å². The monoisotopic (exact) mass is 224 g/mol. The molecule has 4 fully saturated rings. The smallest absolute Gasteiger partial charge is 0.309 e. The number of carbonyl (C=O) groups excluding carboxylic acids is 1. The van der Waals surface area contributed by atoms with Crippen LogP contribution in [0.3, 0.4) is 0 Å². The highest BCUT2D eigenvalue weighted by Gasteiger charge is 2.55. The molecule has 16 heavy (non-hydrogen) atoms. The molecule has 0 aromatic rings. The predicted molar refractivity (Wildman–Crippen MR) is 58.8 cm³/mol. The molecule has 0 N–H and O–H groups in total. The van der Waals surface area contributed by atoms with Gasteiger partial charge in [0.25, 0.3) is 0 Å². The van der Waals surface area contributed by atoms with Crippen LogP contribution in [0.4, 0.5) is 0 Å². The lowest BCUT2D eigenvalue weighted by Crippen LogP contribution is -2.49. The van der Waals surface area contributed by atoms with E-state index < -0.39 is 0 Å². The van der Waals surface area contributed by atoms with Gasteiger partial charge in [0.2, 0.25) is 0 Å². The second-order valence-corrected chi connectivity index (χ2v) is 5.78. The Bertz CT molecular complexity index is 300. The second kappa shape index (κ2) is 3.73. The number of fused-ring (bicyclic) bond motifs is 2. The Balaban J connectivity index is 1.79. The van der Waals surface area contributed by atoms with Crippen LogP contribution in [0, 0.1) is 23.7 Å². The van der Waals surface area contributed by atoms with Crippen LogP contribution in [0.15, 0.2) is 0 Å². The van der Waals surface area contributed by atoms with Gasteiger partial charge in [0.05, 0.1) is 24.7 Å². The first-order valence-electron chi connectivity index (χ1n) is 6.49. The van der Waals surface area contributed by atoms with Crippen molar-refractivity contribution < 1.29 is 14.3 Å². The maximum absolute atomic E-state index is 11.7. The lowest BCUT2D eigenvalue weighted by Gasteiger charge is -2.48. The zero-order valence-corrected chi connectivity index (χ0v) is 10.0. The Hall–Kier alpha value is -0.570. The maximum Gasteiger partial charge on any atom is 0.309 e. The van der Waals surface area contributed by atoms with Gasteiger partial charge in [-0.25, -0.2) is 0 Å². The molecule has 5 atom stereocenters. The third-order valence-electron chi connectivity index (χ3n) is 4.54. The predicted octanol–water partition coefficient (Wildman–Crippen LogP) is 2.00. The van der Waals surface area contributed by atoms with Crippen LogP contribution in [0.2, 0.25) is 0 Å². The van der Waals surface area contributed by atoms with E-state index in [9.17, 15) is 4.79 Å². The number of hydrogen-bond donors (Lipinski definition) is 0. The molecule has 4 aliphatic rings. The minimum atomic E-state index is 0.0581. The van der Waals surface area contributed by atoms with Gasteiger partial charge in [-0.2, -0.15) is 0 Å². The summed E-state index contributed by atoms with van der Waals surface area (Å²) in [6.45, 7) is 4.83. The summed E-state index contributed by atoms with van der Waals surface area (Å²) in [6.07, 6.45) is 4.15. The summed E-state index contributed by atoms with van der Waals surface area (Å²) in [5, 5.41) is 0. The van der Waals surface area contributed by atoms with Crippen LogP contribution >= 0.6 is 0 Å². The van der Waals surface area contributed by atoms with Crippen LogP contribution < -0.4 is 0 Å². The van der Waals surface area contributed by atoms with Gasteiger partial charge < -0.3 is 9.47 Å². The van der Waals surface area contributed by atoms with Crippen LogP contribution in [-0.2, 0) is 14.3 Å². The summed E-state index contributed by atoms with van der Waals surface area (Å²) in [5.74, 6) is 1.79. The highest BCUT2D eigenvalue weighted by molar-refractivity contribution is 5.75.